The molecule has 0 aliphatic rings. The van der Waals surface area contributed by atoms with Gasteiger partial charge in [-0.3, -0.25) is 0 Å². The van der Waals surface area contributed by atoms with E-state index >= 15 is 0 Å². The van der Waals surface area contributed by atoms with Gasteiger partial charge in [-0.15, -0.1) is 0 Å². The molecule has 0 aromatic heterocycles. The standard InChI is InChI=1S/C18H15NO5S/c1-13-3-9-16(10-4-13)25(21,22)24-17(11-12-19)14-5-7-15(8-6-14)18(20)23-2/h3-11H,1-2H3/b17-11-. The lowest BCUT2D eigenvalue weighted by Crippen LogP contribution is -2.06. The number of benzene rings is 2. The summed E-state index contributed by atoms with van der Waals surface area (Å²) in [5.41, 5.74) is 1.54. The smallest absolute Gasteiger partial charge is 0.339 e. The lowest BCUT2D eigenvalue weighted by atomic mass is 10.1. The Morgan fingerprint density at radius 3 is 2.12 bits per heavy atom. The van der Waals surface area contributed by atoms with Crippen LogP contribution in [0.5, 0.6) is 0 Å². The topological polar surface area (TPSA) is 93.5 Å². The highest BCUT2D eigenvalue weighted by atomic mass is 32.2. The minimum absolute atomic E-state index is 0.0203. The van der Waals surface area contributed by atoms with Crippen LogP contribution >= 0.6 is 0 Å². The lowest BCUT2D eigenvalue weighted by Gasteiger charge is -2.10. The molecule has 2 rings (SSSR count). The average molecular weight is 357 g/mol. The highest BCUT2D eigenvalue weighted by molar-refractivity contribution is 7.87. The van der Waals surface area contributed by atoms with Gasteiger partial charge in [0.15, 0.2) is 5.76 Å². The summed E-state index contributed by atoms with van der Waals surface area (Å²) >= 11 is 0. The molecule has 25 heavy (non-hydrogen) atoms. The number of rotatable bonds is 5. The number of methoxy groups -OCH3 is 1. The Morgan fingerprint density at radius 2 is 1.60 bits per heavy atom. The molecular weight excluding hydrogens is 342 g/mol. The molecular formula is C18H15NO5S. The van der Waals surface area contributed by atoms with Crippen molar-refractivity contribution in [3.05, 3.63) is 71.3 Å². The van der Waals surface area contributed by atoms with Crippen LogP contribution in [0.1, 0.15) is 21.5 Å². The van der Waals surface area contributed by atoms with E-state index in [0.29, 0.717) is 11.1 Å². The van der Waals surface area contributed by atoms with Crippen molar-refractivity contribution in [3.8, 4) is 6.07 Å². The largest absolute Gasteiger partial charge is 0.465 e. The molecule has 0 radical (unpaired) electrons. The monoisotopic (exact) mass is 357 g/mol. The van der Waals surface area contributed by atoms with Crippen molar-refractivity contribution in [2.24, 2.45) is 0 Å². The third-order valence-electron chi connectivity index (χ3n) is 3.30. The Kier molecular flexibility index (Phi) is 5.57. The van der Waals surface area contributed by atoms with Crippen molar-refractivity contribution in [2.45, 2.75) is 11.8 Å². The van der Waals surface area contributed by atoms with Crippen LogP contribution in [-0.2, 0) is 19.0 Å². The van der Waals surface area contributed by atoms with Crippen LogP contribution in [0.15, 0.2) is 59.5 Å². The third-order valence-corrected chi connectivity index (χ3v) is 4.54. The zero-order chi connectivity index (χ0) is 18.4. The summed E-state index contributed by atoms with van der Waals surface area (Å²) < 4.78 is 34.5. The Labute approximate surface area is 146 Å². The highest BCUT2D eigenvalue weighted by Crippen LogP contribution is 2.23. The van der Waals surface area contributed by atoms with Gasteiger partial charge >= 0.3 is 16.1 Å². The zero-order valence-corrected chi connectivity index (χ0v) is 14.4. The van der Waals surface area contributed by atoms with Crippen molar-refractivity contribution < 1.29 is 22.1 Å². The summed E-state index contributed by atoms with van der Waals surface area (Å²) in [4.78, 5) is 11.4. The molecule has 0 atom stereocenters. The van der Waals surface area contributed by atoms with Crippen molar-refractivity contribution in [2.75, 3.05) is 7.11 Å². The summed E-state index contributed by atoms with van der Waals surface area (Å²) in [6.07, 6.45) is 0.985. The first-order valence-corrected chi connectivity index (χ1v) is 8.58. The summed E-state index contributed by atoms with van der Waals surface area (Å²) in [6, 6.07) is 13.8. The minimum atomic E-state index is -4.09. The van der Waals surface area contributed by atoms with E-state index in [9.17, 15) is 13.2 Å². The number of ether oxygens (including phenoxy) is 1. The molecule has 2 aromatic rings. The van der Waals surface area contributed by atoms with E-state index in [1.807, 2.05) is 6.92 Å². The zero-order valence-electron chi connectivity index (χ0n) is 13.6. The second-order valence-electron chi connectivity index (χ2n) is 5.06. The van der Waals surface area contributed by atoms with Crippen molar-refractivity contribution in [3.63, 3.8) is 0 Å². The van der Waals surface area contributed by atoms with Crippen LogP contribution in [0.4, 0.5) is 0 Å². The molecule has 0 aliphatic carbocycles. The molecule has 0 unspecified atom stereocenters. The lowest BCUT2D eigenvalue weighted by molar-refractivity contribution is 0.0600. The van der Waals surface area contributed by atoms with Crippen LogP contribution in [0, 0.1) is 18.3 Å². The maximum atomic E-state index is 12.4. The second kappa shape index (κ2) is 7.64. The number of carbonyl (C=O) groups is 1. The normalized spacial score (nSPS) is 11.5. The van der Waals surface area contributed by atoms with Gasteiger partial charge in [0.1, 0.15) is 4.90 Å². The Morgan fingerprint density at radius 1 is 1.04 bits per heavy atom. The second-order valence-corrected chi connectivity index (χ2v) is 6.60. The van der Waals surface area contributed by atoms with E-state index in [4.69, 9.17) is 9.44 Å². The van der Waals surface area contributed by atoms with Gasteiger partial charge in [-0.25, -0.2) is 4.79 Å². The first kappa shape index (κ1) is 18.2. The van der Waals surface area contributed by atoms with E-state index in [-0.39, 0.29) is 10.7 Å². The summed E-state index contributed by atoms with van der Waals surface area (Å²) in [7, 11) is -2.83. The molecule has 0 heterocycles. The van der Waals surface area contributed by atoms with Gasteiger partial charge in [-0.05, 0) is 31.2 Å². The molecule has 0 bridgehead atoms. The predicted molar refractivity (Wildman–Crippen MR) is 90.8 cm³/mol. The van der Waals surface area contributed by atoms with Crippen LogP contribution < -0.4 is 0 Å². The molecule has 128 valence electrons. The van der Waals surface area contributed by atoms with Crippen LogP contribution in [0.3, 0.4) is 0 Å². The first-order chi connectivity index (χ1) is 11.9. The number of allylic oxidation sites excluding steroid dienone is 1. The number of hydrogen-bond acceptors (Lipinski definition) is 6. The van der Waals surface area contributed by atoms with E-state index in [2.05, 4.69) is 4.74 Å². The molecule has 0 fully saturated rings. The van der Waals surface area contributed by atoms with Gasteiger partial charge in [-0.2, -0.15) is 13.7 Å². The van der Waals surface area contributed by atoms with Gasteiger partial charge in [-0.1, -0.05) is 29.8 Å². The van der Waals surface area contributed by atoms with Gasteiger partial charge in [0.25, 0.3) is 0 Å². The maximum Gasteiger partial charge on any atom is 0.339 e. The number of nitrogens with zero attached hydrogens (tertiary/aromatic N) is 1. The number of nitriles is 1. The number of aryl methyl sites for hydroxylation is 1. The Bertz CT molecular complexity index is 936. The van der Waals surface area contributed by atoms with Crippen LogP contribution in [0.2, 0.25) is 0 Å². The third kappa shape index (κ3) is 4.46. The minimum Gasteiger partial charge on any atom is -0.465 e. The molecule has 0 spiro atoms. The predicted octanol–water partition coefficient (Wildman–Crippen LogP) is 3.05. The molecule has 0 aliphatic heterocycles. The number of carbonyl (C=O) groups excluding carboxylic acids is 1. The fraction of sp³-hybridized carbons (Fsp3) is 0.111. The average Bonchev–Trinajstić information content (AvgIpc) is 2.61. The van der Waals surface area contributed by atoms with Crippen molar-refractivity contribution in [1.29, 1.82) is 5.26 Å². The Balaban J connectivity index is 2.33. The van der Waals surface area contributed by atoms with Gasteiger partial charge in [0, 0.05) is 5.56 Å². The van der Waals surface area contributed by atoms with E-state index < -0.39 is 16.1 Å². The van der Waals surface area contributed by atoms with Crippen LogP contribution in [-0.4, -0.2) is 21.5 Å². The fourth-order valence-corrected chi connectivity index (χ4v) is 2.92. The van der Waals surface area contributed by atoms with Crippen LogP contribution in [0.25, 0.3) is 5.76 Å². The van der Waals surface area contributed by atoms with Gasteiger partial charge in [0.2, 0.25) is 0 Å². The molecule has 0 saturated heterocycles. The van der Waals surface area contributed by atoms with E-state index in [0.717, 1.165) is 11.6 Å². The van der Waals surface area contributed by atoms with E-state index in [1.165, 1.54) is 43.5 Å². The quantitative estimate of drug-likeness (QED) is 0.353. The first-order valence-electron chi connectivity index (χ1n) is 7.17. The van der Waals surface area contributed by atoms with Crippen molar-refractivity contribution in [1.82, 2.24) is 0 Å². The molecule has 6 nitrogen and oxygen atoms in total. The molecule has 0 amide bonds. The van der Waals surface area contributed by atoms with E-state index in [1.54, 1.807) is 18.2 Å². The summed E-state index contributed by atoms with van der Waals surface area (Å²) in [5, 5.41) is 8.91. The SMILES string of the molecule is COC(=O)c1ccc(/C(=C/C#N)OS(=O)(=O)c2ccc(C)cc2)cc1. The van der Waals surface area contributed by atoms with Gasteiger partial charge in [0.05, 0.1) is 24.8 Å². The molecule has 7 heteroatoms. The Hall–Kier alpha value is -3.11. The number of hydrogen-bond donors (Lipinski definition) is 0. The fourth-order valence-electron chi connectivity index (χ4n) is 1.97. The molecule has 0 saturated carbocycles. The highest BCUT2D eigenvalue weighted by Gasteiger charge is 2.19. The molecule has 0 N–H and O–H groups in total. The molecule has 2 aromatic carbocycles. The van der Waals surface area contributed by atoms with Gasteiger partial charge < -0.3 is 8.92 Å². The maximum absolute atomic E-state index is 12.4. The summed E-state index contributed by atoms with van der Waals surface area (Å²) in [6.45, 7) is 1.83. The number of esters is 1. The van der Waals surface area contributed by atoms with Crippen molar-refractivity contribution >= 4 is 21.8 Å². The summed E-state index contributed by atoms with van der Waals surface area (Å²) in [5.74, 6) is -0.662.